The van der Waals surface area contributed by atoms with Crippen LogP contribution in [0, 0.1) is 0 Å². The van der Waals surface area contributed by atoms with E-state index in [9.17, 15) is 4.79 Å². The first-order valence-electron chi connectivity index (χ1n) is 7.07. The van der Waals surface area contributed by atoms with Gasteiger partial charge in [-0.3, -0.25) is 0 Å². The zero-order chi connectivity index (χ0) is 14.5. The van der Waals surface area contributed by atoms with Crippen molar-refractivity contribution in [2.24, 2.45) is 0 Å². The van der Waals surface area contributed by atoms with Crippen LogP contribution < -0.4 is 11.1 Å². The van der Waals surface area contributed by atoms with Crippen molar-refractivity contribution in [2.45, 2.75) is 38.8 Å². The number of nitrogens with two attached hydrogens (primary N) is 1. The normalized spacial score (nSPS) is 19.6. The summed E-state index contributed by atoms with van der Waals surface area (Å²) in [6.45, 7) is 4.96. The maximum absolute atomic E-state index is 12.0. The Balaban J connectivity index is 2.18. The number of ether oxygens (including phenoxy) is 2. The van der Waals surface area contributed by atoms with Gasteiger partial charge >= 0.3 is 5.97 Å². The van der Waals surface area contributed by atoms with Crippen LogP contribution in [0.1, 0.15) is 37.0 Å². The minimum Gasteiger partial charge on any atom is -0.462 e. The second-order valence-electron chi connectivity index (χ2n) is 4.97. The molecule has 0 saturated carbocycles. The molecule has 0 amide bonds. The lowest BCUT2D eigenvalue weighted by atomic mass is 10.1. The molecule has 1 aromatic carbocycles. The maximum Gasteiger partial charge on any atom is 0.340 e. The van der Waals surface area contributed by atoms with Crippen molar-refractivity contribution >= 4 is 17.3 Å². The summed E-state index contributed by atoms with van der Waals surface area (Å²) in [5, 5.41) is 3.31. The number of anilines is 2. The van der Waals surface area contributed by atoms with Crippen LogP contribution in [0.15, 0.2) is 18.2 Å². The Morgan fingerprint density at radius 3 is 3.05 bits per heavy atom. The summed E-state index contributed by atoms with van der Waals surface area (Å²) >= 11 is 0. The summed E-state index contributed by atoms with van der Waals surface area (Å²) in [7, 11) is 0. The van der Waals surface area contributed by atoms with E-state index in [1.165, 1.54) is 0 Å². The van der Waals surface area contributed by atoms with Crippen LogP contribution in [0.25, 0.3) is 0 Å². The number of esters is 1. The van der Waals surface area contributed by atoms with Crippen molar-refractivity contribution in [2.75, 3.05) is 24.3 Å². The van der Waals surface area contributed by atoms with E-state index in [2.05, 4.69) is 5.32 Å². The van der Waals surface area contributed by atoms with E-state index in [4.69, 9.17) is 15.2 Å². The van der Waals surface area contributed by atoms with Crippen molar-refractivity contribution in [3.8, 4) is 0 Å². The summed E-state index contributed by atoms with van der Waals surface area (Å²) in [5.41, 5.74) is 7.64. The lowest BCUT2D eigenvalue weighted by molar-refractivity contribution is 0.0527. The van der Waals surface area contributed by atoms with Crippen LogP contribution in [0.2, 0.25) is 0 Å². The van der Waals surface area contributed by atoms with Crippen LogP contribution >= 0.6 is 0 Å². The van der Waals surface area contributed by atoms with Gasteiger partial charge in [-0.2, -0.15) is 0 Å². The zero-order valence-corrected chi connectivity index (χ0v) is 12.0. The maximum atomic E-state index is 12.0. The standard InChI is InChI=1S/C15H22N2O3/c1-3-19-15(18)11-6-4-7-12(16)14(11)17-10(2)13-8-5-9-20-13/h4,6-7,10,13,17H,3,5,8-9,16H2,1-2H3. The number of carbonyl (C=O) groups is 1. The average molecular weight is 278 g/mol. The second kappa shape index (κ2) is 6.61. The number of hydrogen-bond acceptors (Lipinski definition) is 5. The molecule has 1 saturated heterocycles. The number of rotatable bonds is 5. The van der Waals surface area contributed by atoms with Crippen LogP contribution in [-0.4, -0.2) is 31.3 Å². The smallest absolute Gasteiger partial charge is 0.340 e. The summed E-state index contributed by atoms with van der Waals surface area (Å²) < 4.78 is 10.7. The summed E-state index contributed by atoms with van der Waals surface area (Å²) in [6.07, 6.45) is 2.26. The molecule has 2 unspecified atom stereocenters. The molecule has 1 aliphatic rings. The zero-order valence-electron chi connectivity index (χ0n) is 12.0. The first-order chi connectivity index (χ1) is 9.63. The number of para-hydroxylation sites is 1. The molecule has 20 heavy (non-hydrogen) atoms. The van der Waals surface area contributed by atoms with Gasteiger partial charge in [-0.15, -0.1) is 0 Å². The third-order valence-electron chi connectivity index (χ3n) is 3.49. The van der Waals surface area contributed by atoms with Gasteiger partial charge < -0.3 is 20.5 Å². The third-order valence-corrected chi connectivity index (χ3v) is 3.49. The van der Waals surface area contributed by atoms with Crippen molar-refractivity contribution in [3.63, 3.8) is 0 Å². The first kappa shape index (κ1) is 14.7. The minimum absolute atomic E-state index is 0.0929. The van der Waals surface area contributed by atoms with E-state index in [0.717, 1.165) is 19.4 Å². The van der Waals surface area contributed by atoms with Gasteiger partial charge in [-0.05, 0) is 38.8 Å². The molecule has 1 aromatic rings. The topological polar surface area (TPSA) is 73.6 Å². The van der Waals surface area contributed by atoms with E-state index in [1.807, 2.05) is 6.92 Å². The molecule has 5 nitrogen and oxygen atoms in total. The van der Waals surface area contributed by atoms with Crippen LogP contribution in [0.5, 0.6) is 0 Å². The second-order valence-corrected chi connectivity index (χ2v) is 4.97. The molecular weight excluding hydrogens is 256 g/mol. The van der Waals surface area contributed by atoms with Gasteiger partial charge in [0.25, 0.3) is 0 Å². The molecule has 1 heterocycles. The fourth-order valence-corrected chi connectivity index (χ4v) is 2.43. The molecule has 1 aliphatic heterocycles. The number of hydrogen-bond donors (Lipinski definition) is 2. The Bertz CT molecular complexity index is 470. The molecule has 2 rings (SSSR count). The lowest BCUT2D eigenvalue weighted by Gasteiger charge is -2.23. The van der Waals surface area contributed by atoms with Gasteiger partial charge in [0, 0.05) is 12.6 Å². The lowest BCUT2D eigenvalue weighted by Crippen LogP contribution is -2.31. The van der Waals surface area contributed by atoms with Crippen LogP contribution in [0.3, 0.4) is 0 Å². The molecule has 2 atom stereocenters. The van der Waals surface area contributed by atoms with Gasteiger partial charge in [0.2, 0.25) is 0 Å². The fourth-order valence-electron chi connectivity index (χ4n) is 2.43. The van der Waals surface area contributed by atoms with E-state index < -0.39 is 0 Å². The Hall–Kier alpha value is -1.75. The fraction of sp³-hybridized carbons (Fsp3) is 0.533. The van der Waals surface area contributed by atoms with Crippen molar-refractivity contribution in [1.82, 2.24) is 0 Å². The third kappa shape index (κ3) is 3.22. The molecule has 3 N–H and O–H groups in total. The van der Waals surface area contributed by atoms with Gasteiger partial charge in [-0.25, -0.2) is 4.79 Å². The Morgan fingerprint density at radius 2 is 2.40 bits per heavy atom. The number of nitrogen functional groups attached to an aromatic ring is 1. The largest absolute Gasteiger partial charge is 0.462 e. The molecule has 0 radical (unpaired) electrons. The average Bonchev–Trinajstić information content (AvgIpc) is 2.95. The number of carbonyl (C=O) groups excluding carboxylic acids is 1. The van der Waals surface area contributed by atoms with Gasteiger partial charge in [0.15, 0.2) is 0 Å². The summed E-state index contributed by atoms with van der Waals surface area (Å²) in [6, 6.07) is 5.34. The van der Waals surface area contributed by atoms with Crippen LogP contribution in [0.4, 0.5) is 11.4 Å². The Morgan fingerprint density at radius 1 is 1.60 bits per heavy atom. The SMILES string of the molecule is CCOC(=O)c1cccc(N)c1NC(C)C1CCCO1. The van der Waals surface area contributed by atoms with Crippen molar-refractivity contribution in [1.29, 1.82) is 0 Å². The predicted molar refractivity (Wildman–Crippen MR) is 78.9 cm³/mol. The monoisotopic (exact) mass is 278 g/mol. The Labute approximate surface area is 119 Å². The minimum atomic E-state index is -0.359. The number of nitrogens with one attached hydrogen (secondary N) is 1. The first-order valence-corrected chi connectivity index (χ1v) is 7.07. The van der Waals surface area contributed by atoms with Gasteiger partial charge in [0.05, 0.1) is 29.6 Å². The molecule has 5 heteroatoms. The molecule has 0 bridgehead atoms. The van der Waals surface area contributed by atoms with Crippen molar-refractivity contribution in [3.05, 3.63) is 23.8 Å². The van der Waals surface area contributed by atoms with E-state index in [1.54, 1.807) is 25.1 Å². The van der Waals surface area contributed by atoms with E-state index >= 15 is 0 Å². The summed E-state index contributed by atoms with van der Waals surface area (Å²) in [4.78, 5) is 12.0. The highest BCUT2D eigenvalue weighted by molar-refractivity contribution is 5.98. The van der Waals surface area contributed by atoms with E-state index in [-0.39, 0.29) is 18.1 Å². The molecule has 110 valence electrons. The number of benzene rings is 1. The van der Waals surface area contributed by atoms with Gasteiger partial charge in [-0.1, -0.05) is 6.07 Å². The Kier molecular flexibility index (Phi) is 4.84. The predicted octanol–water partition coefficient (Wildman–Crippen LogP) is 2.42. The molecule has 0 spiro atoms. The van der Waals surface area contributed by atoms with Crippen molar-refractivity contribution < 1.29 is 14.3 Å². The highest BCUT2D eigenvalue weighted by Crippen LogP contribution is 2.27. The van der Waals surface area contributed by atoms with Gasteiger partial charge in [0.1, 0.15) is 0 Å². The van der Waals surface area contributed by atoms with E-state index in [0.29, 0.717) is 23.5 Å². The quantitative estimate of drug-likeness (QED) is 0.639. The molecule has 0 aromatic heterocycles. The molecule has 1 fully saturated rings. The highest BCUT2D eigenvalue weighted by atomic mass is 16.5. The summed E-state index contributed by atoms with van der Waals surface area (Å²) in [5.74, 6) is -0.359. The molecule has 0 aliphatic carbocycles. The highest BCUT2D eigenvalue weighted by Gasteiger charge is 2.24. The molecular formula is C15H22N2O3. The van der Waals surface area contributed by atoms with Crippen LogP contribution in [-0.2, 0) is 9.47 Å².